The van der Waals surface area contributed by atoms with Crippen molar-refractivity contribution in [2.75, 3.05) is 25.5 Å². The van der Waals surface area contributed by atoms with Crippen molar-refractivity contribution in [2.24, 2.45) is 5.92 Å². The summed E-state index contributed by atoms with van der Waals surface area (Å²) < 4.78 is 7.28. The Bertz CT molecular complexity index is 1000. The number of aryl methyl sites for hydroxylation is 1. The van der Waals surface area contributed by atoms with Gasteiger partial charge in [0.05, 0.1) is 18.1 Å². The number of carbonyl (C=O) groups is 1. The molecule has 0 aliphatic rings. The maximum absolute atomic E-state index is 11.7. The number of fused-ring (bicyclic) bond motifs is 3. The molecule has 3 aromatic rings. The van der Waals surface area contributed by atoms with Crippen molar-refractivity contribution in [1.29, 1.82) is 0 Å². The van der Waals surface area contributed by atoms with Crippen LogP contribution in [0.15, 0.2) is 18.2 Å². The lowest BCUT2D eigenvalue weighted by molar-refractivity contribution is -0.131. The van der Waals surface area contributed by atoms with Crippen molar-refractivity contribution >= 4 is 28.4 Å². The highest BCUT2D eigenvalue weighted by molar-refractivity contribution is 5.84. The standard InChI is InChI=1S/C20H28N6O3/c1-12(2)17(27)20(28)22-10-6-5-9-21-18-19-25-24-13(3)26(19)16-11-14(29-4)7-8-15(16)23-18/h7-8,11-12,17,27H,5-6,9-10H2,1-4H3,(H,21,23)(H,22,28). The zero-order valence-corrected chi connectivity index (χ0v) is 17.3. The van der Waals surface area contributed by atoms with Gasteiger partial charge in [-0.3, -0.25) is 9.20 Å². The van der Waals surface area contributed by atoms with E-state index in [4.69, 9.17) is 4.74 Å². The summed E-state index contributed by atoms with van der Waals surface area (Å²) >= 11 is 0. The summed E-state index contributed by atoms with van der Waals surface area (Å²) in [4.78, 5) is 16.4. The molecular weight excluding hydrogens is 372 g/mol. The number of aromatic nitrogens is 4. The number of nitrogens with zero attached hydrogens (tertiary/aromatic N) is 4. The quantitative estimate of drug-likeness (QED) is 0.470. The molecule has 0 radical (unpaired) electrons. The van der Waals surface area contributed by atoms with Crippen LogP contribution in [0.5, 0.6) is 5.75 Å². The highest BCUT2D eigenvalue weighted by Gasteiger charge is 2.18. The van der Waals surface area contributed by atoms with Gasteiger partial charge < -0.3 is 20.5 Å². The molecule has 3 rings (SSSR count). The lowest BCUT2D eigenvalue weighted by Gasteiger charge is -2.14. The summed E-state index contributed by atoms with van der Waals surface area (Å²) in [6, 6.07) is 5.70. The molecule has 0 fully saturated rings. The van der Waals surface area contributed by atoms with E-state index in [0.29, 0.717) is 24.6 Å². The number of carbonyl (C=O) groups excluding carboxylic acids is 1. The first-order valence-corrected chi connectivity index (χ1v) is 9.81. The first kappa shape index (κ1) is 20.8. The van der Waals surface area contributed by atoms with E-state index in [9.17, 15) is 9.90 Å². The molecule has 0 bridgehead atoms. The van der Waals surface area contributed by atoms with Crippen LogP contribution in [-0.2, 0) is 4.79 Å². The molecule has 2 heterocycles. The molecule has 3 N–H and O–H groups in total. The zero-order valence-electron chi connectivity index (χ0n) is 17.3. The molecule has 2 aromatic heterocycles. The minimum absolute atomic E-state index is 0.0929. The molecule has 29 heavy (non-hydrogen) atoms. The normalized spacial score (nSPS) is 12.5. The Morgan fingerprint density at radius 3 is 2.72 bits per heavy atom. The fourth-order valence-electron chi connectivity index (χ4n) is 3.07. The van der Waals surface area contributed by atoms with E-state index in [0.717, 1.165) is 35.4 Å². The van der Waals surface area contributed by atoms with Crippen LogP contribution in [0.4, 0.5) is 5.82 Å². The van der Waals surface area contributed by atoms with Crippen molar-refractivity contribution < 1.29 is 14.6 Å². The number of nitrogens with one attached hydrogen (secondary N) is 2. The molecule has 1 amide bonds. The molecule has 156 valence electrons. The van der Waals surface area contributed by atoms with Crippen LogP contribution in [-0.4, -0.2) is 56.9 Å². The van der Waals surface area contributed by atoms with E-state index in [-0.39, 0.29) is 11.8 Å². The molecule has 9 nitrogen and oxygen atoms in total. The summed E-state index contributed by atoms with van der Waals surface area (Å²) in [5.74, 6) is 1.78. The Kier molecular flexibility index (Phi) is 6.48. The number of ether oxygens (including phenoxy) is 1. The maximum Gasteiger partial charge on any atom is 0.249 e. The summed E-state index contributed by atoms with van der Waals surface area (Å²) in [5.41, 5.74) is 2.37. The Hall–Kier alpha value is -2.94. The number of unbranched alkanes of at least 4 members (excludes halogenated alkanes) is 1. The molecular formula is C20H28N6O3. The molecule has 1 unspecified atom stereocenters. The van der Waals surface area contributed by atoms with Gasteiger partial charge >= 0.3 is 0 Å². The van der Waals surface area contributed by atoms with Crippen molar-refractivity contribution in [1.82, 2.24) is 24.9 Å². The maximum atomic E-state index is 11.7. The van der Waals surface area contributed by atoms with Gasteiger partial charge in [-0.05, 0) is 37.8 Å². The predicted octanol–water partition coefficient (Wildman–Crippen LogP) is 1.92. The van der Waals surface area contributed by atoms with Crippen LogP contribution in [0, 0.1) is 12.8 Å². The third-order valence-electron chi connectivity index (χ3n) is 4.79. The fourth-order valence-corrected chi connectivity index (χ4v) is 3.07. The number of aliphatic hydroxyl groups excluding tert-OH is 1. The SMILES string of the molecule is COc1ccc2nc(NCCCCNC(=O)C(O)C(C)C)c3nnc(C)n3c2c1. The van der Waals surface area contributed by atoms with Gasteiger partial charge in [0, 0.05) is 19.2 Å². The van der Waals surface area contributed by atoms with E-state index >= 15 is 0 Å². The second-order valence-electron chi connectivity index (χ2n) is 7.34. The topological polar surface area (TPSA) is 114 Å². The van der Waals surface area contributed by atoms with Crippen LogP contribution in [0.25, 0.3) is 16.7 Å². The fraction of sp³-hybridized carbons (Fsp3) is 0.500. The number of amides is 1. The molecule has 1 aromatic carbocycles. The molecule has 0 saturated heterocycles. The first-order valence-electron chi connectivity index (χ1n) is 9.81. The van der Waals surface area contributed by atoms with Gasteiger partial charge in [0.15, 0.2) is 5.82 Å². The van der Waals surface area contributed by atoms with Crippen LogP contribution in [0.2, 0.25) is 0 Å². The van der Waals surface area contributed by atoms with Crippen molar-refractivity contribution in [3.8, 4) is 5.75 Å². The number of aliphatic hydroxyl groups is 1. The van der Waals surface area contributed by atoms with Crippen LogP contribution in [0.1, 0.15) is 32.5 Å². The van der Waals surface area contributed by atoms with E-state index in [1.807, 2.05) is 43.4 Å². The third-order valence-corrected chi connectivity index (χ3v) is 4.79. The highest BCUT2D eigenvalue weighted by Crippen LogP contribution is 2.25. The summed E-state index contributed by atoms with van der Waals surface area (Å²) in [6.07, 6.45) is 0.661. The van der Waals surface area contributed by atoms with Gasteiger partial charge in [-0.1, -0.05) is 13.8 Å². The first-order chi connectivity index (χ1) is 13.9. The summed E-state index contributed by atoms with van der Waals surface area (Å²) in [6.45, 7) is 6.73. The predicted molar refractivity (Wildman–Crippen MR) is 111 cm³/mol. The summed E-state index contributed by atoms with van der Waals surface area (Å²) in [5, 5.41) is 24.2. The van der Waals surface area contributed by atoms with Crippen LogP contribution < -0.4 is 15.4 Å². The second kappa shape index (κ2) is 9.04. The van der Waals surface area contributed by atoms with Gasteiger partial charge in [0.2, 0.25) is 11.6 Å². The monoisotopic (exact) mass is 400 g/mol. The highest BCUT2D eigenvalue weighted by atomic mass is 16.5. The number of anilines is 1. The van der Waals surface area contributed by atoms with Gasteiger partial charge in [-0.15, -0.1) is 10.2 Å². The lowest BCUT2D eigenvalue weighted by Crippen LogP contribution is -2.38. The number of hydrogen-bond acceptors (Lipinski definition) is 7. The van der Waals surface area contributed by atoms with E-state index in [1.54, 1.807) is 7.11 Å². The lowest BCUT2D eigenvalue weighted by atomic mass is 10.1. The Morgan fingerprint density at radius 2 is 2.00 bits per heavy atom. The number of benzene rings is 1. The zero-order chi connectivity index (χ0) is 21.0. The Morgan fingerprint density at radius 1 is 1.24 bits per heavy atom. The van der Waals surface area contributed by atoms with E-state index in [1.165, 1.54) is 0 Å². The van der Waals surface area contributed by atoms with Gasteiger partial charge in [-0.2, -0.15) is 0 Å². The molecule has 9 heteroatoms. The van der Waals surface area contributed by atoms with Crippen molar-refractivity contribution in [2.45, 2.75) is 39.7 Å². The van der Waals surface area contributed by atoms with Gasteiger partial charge in [-0.25, -0.2) is 4.98 Å². The minimum Gasteiger partial charge on any atom is -0.497 e. The van der Waals surface area contributed by atoms with Crippen LogP contribution in [0.3, 0.4) is 0 Å². The average Bonchev–Trinajstić information content (AvgIpc) is 3.11. The van der Waals surface area contributed by atoms with Crippen LogP contribution >= 0.6 is 0 Å². The van der Waals surface area contributed by atoms with E-state index in [2.05, 4.69) is 25.8 Å². The third kappa shape index (κ3) is 4.56. The Balaban J connectivity index is 1.63. The molecule has 1 atom stereocenters. The molecule has 0 aliphatic heterocycles. The van der Waals surface area contributed by atoms with Crippen molar-refractivity contribution in [3.05, 3.63) is 24.0 Å². The average molecular weight is 400 g/mol. The van der Waals surface area contributed by atoms with E-state index < -0.39 is 6.10 Å². The molecule has 0 spiro atoms. The number of rotatable bonds is 9. The molecule has 0 saturated carbocycles. The Labute approximate surface area is 169 Å². The number of methoxy groups -OCH3 is 1. The van der Waals surface area contributed by atoms with Gasteiger partial charge in [0.25, 0.3) is 0 Å². The summed E-state index contributed by atoms with van der Waals surface area (Å²) in [7, 11) is 1.63. The molecule has 0 aliphatic carbocycles. The largest absolute Gasteiger partial charge is 0.497 e. The smallest absolute Gasteiger partial charge is 0.249 e. The van der Waals surface area contributed by atoms with Gasteiger partial charge in [0.1, 0.15) is 17.7 Å². The van der Waals surface area contributed by atoms with Crippen molar-refractivity contribution in [3.63, 3.8) is 0 Å². The second-order valence-corrected chi connectivity index (χ2v) is 7.34. The number of hydrogen-bond donors (Lipinski definition) is 3. The minimum atomic E-state index is -0.960.